The first-order chi connectivity index (χ1) is 8.30. The van der Waals surface area contributed by atoms with Gasteiger partial charge in [-0.15, -0.1) is 0 Å². The number of rotatable bonds is 4. The molecule has 0 aliphatic heterocycles. The molecule has 0 nitrogen and oxygen atoms in total. The largest absolute Gasteiger partial charge is 0.0988 e. The van der Waals surface area contributed by atoms with Crippen molar-refractivity contribution < 1.29 is 0 Å². The molecule has 0 saturated heterocycles. The minimum absolute atomic E-state index is 0.327. The number of hydrogen-bond acceptors (Lipinski definition) is 0. The fraction of sp³-hybridized carbons (Fsp3) is 0.529. The smallest absolute Gasteiger partial charge is 0.0166 e. The van der Waals surface area contributed by atoms with Crippen molar-refractivity contribution in [2.24, 2.45) is 11.3 Å². The predicted molar refractivity (Wildman–Crippen MR) is 78.0 cm³/mol. The molecule has 0 heteroatoms. The van der Waals surface area contributed by atoms with Gasteiger partial charge in [-0.1, -0.05) is 56.9 Å². The Kier molecular flexibility index (Phi) is 5.47. The van der Waals surface area contributed by atoms with Crippen molar-refractivity contribution in [1.82, 2.24) is 0 Å². The van der Waals surface area contributed by atoms with E-state index < -0.39 is 0 Å². The first-order valence-corrected chi connectivity index (χ1v) is 6.92. The molecule has 0 N–H and O–H groups in total. The quantitative estimate of drug-likeness (QED) is 0.445. The molecule has 0 aromatic carbocycles. The van der Waals surface area contributed by atoms with Gasteiger partial charge in [0.05, 0.1) is 0 Å². The van der Waals surface area contributed by atoms with Gasteiger partial charge in [0.2, 0.25) is 0 Å². The zero-order valence-corrected chi connectivity index (χ0v) is 11.6. The second-order valence-electron chi connectivity index (χ2n) is 4.72. The molecular weight excluding hydrogens is 204 g/mol. The summed E-state index contributed by atoms with van der Waals surface area (Å²) in [6.07, 6.45) is 18.6. The highest BCUT2D eigenvalue weighted by Crippen LogP contribution is 2.48. The normalized spacial score (nSPS) is 27.4. The summed E-state index contributed by atoms with van der Waals surface area (Å²) in [6, 6.07) is 0. The molecule has 0 spiro atoms. The molecule has 0 fully saturated rings. The molecular formula is C17H26. The fourth-order valence-electron chi connectivity index (χ4n) is 2.85. The molecule has 1 unspecified atom stereocenters. The van der Waals surface area contributed by atoms with Gasteiger partial charge in [-0.3, -0.25) is 0 Å². The van der Waals surface area contributed by atoms with E-state index in [4.69, 9.17) is 0 Å². The first-order valence-electron chi connectivity index (χ1n) is 6.92. The maximum atomic E-state index is 3.94. The highest BCUT2D eigenvalue weighted by atomic mass is 14.4. The van der Waals surface area contributed by atoms with Crippen LogP contribution >= 0.6 is 0 Å². The third-order valence-corrected chi connectivity index (χ3v) is 3.78. The molecule has 0 heterocycles. The fourth-order valence-corrected chi connectivity index (χ4v) is 2.85. The average Bonchev–Trinajstić information content (AvgIpc) is 2.82. The molecule has 0 saturated carbocycles. The highest BCUT2D eigenvalue weighted by Gasteiger charge is 2.36. The molecule has 0 amide bonds. The molecule has 0 radical (unpaired) electrons. The van der Waals surface area contributed by atoms with Crippen molar-refractivity contribution in [3.05, 3.63) is 48.6 Å². The second-order valence-corrected chi connectivity index (χ2v) is 4.72. The van der Waals surface area contributed by atoms with Gasteiger partial charge in [-0.25, -0.2) is 0 Å². The summed E-state index contributed by atoms with van der Waals surface area (Å²) in [4.78, 5) is 0. The Morgan fingerprint density at radius 1 is 1.29 bits per heavy atom. The molecule has 0 aromatic heterocycles. The van der Waals surface area contributed by atoms with Gasteiger partial charge in [-0.05, 0) is 44.1 Å². The van der Waals surface area contributed by atoms with Crippen LogP contribution in [0.15, 0.2) is 48.6 Å². The van der Waals surface area contributed by atoms with Gasteiger partial charge in [-0.2, -0.15) is 0 Å². The number of allylic oxidation sites excluding steroid dienone is 7. The number of hydrogen-bond donors (Lipinski definition) is 0. The Labute approximate surface area is 107 Å². The van der Waals surface area contributed by atoms with Crippen LogP contribution < -0.4 is 0 Å². The van der Waals surface area contributed by atoms with E-state index in [-0.39, 0.29) is 0 Å². The molecule has 94 valence electrons. The van der Waals surface area contributed by atoms with Crippen molar-refractivity contribution in [3.8, 4) is 0 Å². The third kappa shape index (κ3) is 3.00. The van der Waals surface area contributed by atoms with Crippen LogP contribution in [-0.2, 0) is 0 Å². The van der Waals surface area contributed by atoms with Crippen molar-refractivity contribution in [2.45, 2.75) is 46.5 Å². The zero-order chi connectivity index (χ0) is 12.7. The van der Waals surface area contributed by atoms with E-state index in [2.05, 4.69) is 43.9 Å². The maximum absolute atomic E-state index is 3.94. The van der Waals surface area contributed by atoms with E-state index in [9.17, 15) is 0 Å². The summed E-state index contributed by atoms with van der Waals surface area (Å²) in [6.45, 7) is 10.1. The Morgan fingerprint density at radius 2 is 1.88 bits per heavy atom. The van der Waals surface area contributed by atoms with Crippen molar-refractivity contribution in [2.75, 3.05) is 0 Å². The summed E-state index contributed by atoms with van der Waals surface area (Å²) in [5, 5.41) is 0. The molecule has 2 aliphatic carbocycles. The average molecular weight is 230 g/mol. The van der Waals surface area contributed by atoms with Gasteiger partial charge in [0.1, 0.15) is 0 Å². The summed E-state index contributed by atoms with van der Waals surface area (Å²) < 4.78 is 0. The standard InChI is InChI=1S/C15H20.C2H6/c1-3-14(4-2)15(10-7-11-15)12-13-8-5-6-9-13;1-2/h3-7,10,13H,1,8-9,11-12H2,2H3;1-2H3/b14-4+;. The lowest BCUT2D eigenvalue weighted by Gasteiger charge is -2.39. The van der Waals surface area contributed by atoms with E-state index in [1.165, 1.54) is 31.3 Å². The van der Waals surface area contributed by atoms with Crippen LogP contribution in [0, 0.1) is 11.3 Å². The summed E-state index contributed by atoms with van der Waals surface area (Å²) >= 11 is 0. The molecule has 2 aliphatic rings. The minimum Gasteiger partial charge on any atom is -0.0988 e. The summed E-state index contributed by atoms with van der Waals surface area (Å²) in [7, 11) is 0. The van der Waals surface area contributed by atoms with Crippen molar-refractivity contribution in [3.63, 3.8) is 0 Å². The molecule has 1 atom stereocenters. The van der Waals surface area contributed by atoms with Gasteiger partial charge < -0.3 is 0 Å². The minimum atomic E-state index is 0.327. The van der Waals surface area contributed by atoms with E-state index in [0.29, 0.717) is 5.41 Å². The van der Waals surface area contributed by atoms with E-state index in [0.717, 1.165) is 5.92 Å². The van der Waals surface area contributed by atoms with E-state index in [1.807, 2.05) is 19.9 Å². The third-order valence-electron chi connectivity index (χ3n) is 3.78. The van der Waals surface area contributed by atoms with Crippen LogP contribution in [0.3, 0.4) is 0 Å². The van der Waals surface area contributed by atoms with Crippen LogP contribution in [-0.4, -0.2) is 0 Å². The molecule has 0 aromatic rings. The van der Waals surface area contributed by atoms with E-state index >= 15 is 0 Å². The van der Waals surface area contributed by atoms with Crippen LogP contribution in [0.5, 0.6) is 0 Å². The monoisotopic (exact) mass is 230 g/mol. The highest BCUT2D eigenvalue weighted by molar-refractivity contribution is 5.36. The second kappa shape index (κ2) is 6.64. The van der Waals surface area contributed by atoms with Crippen LogP contribution in [0.1, 0.15) is 46.5 Å². The maximum Gasteiger partial charge on any atom is 0.0166 e. The van der Waals surface area contributed by atoms with Crippen molar-refractivity contribution in [1.29, 1.82) is 0 Å². The van der Waals surface area contributed by atoms with Gasteiger partial charge in [0.25, 0.3) is 0 Å². The molecule has 17 heavy (non-hydrogen) atoms. The van der Waals surface area contributed by atoms with Crippen LogP contribution in [0.25, 0.3) is 0 Å². The Morgan fingerprint density at radius 3 is 2.24 bits per heavy atom. The van der Waals surface area contributed by atoms with Gasteiger partial charge in [0, 0.05) is 5.41 Å². The van der Waals surface area contributed by atoms with Crippen molar-refractivity contribution >= 4 is 0 Å². The summed E-state index contributed by atoms with van der Waals surface area (Å²) in [5.41, 5.74) is 1.74. The Hall–Kier alpha value is -1.04. The first kappa shape index (κ1) is 14.0. The Bertz CT molecular complexity index is 322. The van der Waals surface area contributed by atoms with E-state index in [1.54, 1.807) is 0 Å². The SMILES string of the molecule is C=C/C(=C\C)C1(CC2CC=CC2)C=CC1.CC. The predicted octanol–water partition coefficient (Wildman–Crippen LogP) is 5.45. The lowest BCUT2D eigenvalue weighted by Crippen LogP contribution is -2.27. The lowest BCUT2D eigenvalue weighted by atomic mass is 9.65. The molecule has 2 rings (SSSR count). The topological polar surface area (TPSA) is 0 Å². The van der Waals surface area contributed by atoms with Gasteiger partial charge >= 0.3 is 0 Å². The van der Waals surface area contributed by atoms with Crippen LogP contribution in [0.2, 0.25) is 0 Å². The molecule has 0 bridgehead atoms. The summed E-state index contributed by atoms with van der Waals surface area (Å²) in [5.74, 6) is 0.852. The Balaban J connectivity index is 0.000000686. The van der Waals surface area contributed by atoms with Gasteiger partial charge in [0.15, 0.2) is 0 Å². The lowest BCUT2D eigenvalue weighted by molar-refractivity contribution is 0.319. The zero-order valence-electron chi connectivity index (χ0n) is 11.6. The van der Waals surface area contributed by atoms with Crippen LogP contribution in [0.4, 0.5) is 0 Å².